The number of phenolic OH excluding ortho intramolecular Hbond substituents is 1. The molecule has 0 fully saturated rings. The number of aromatic hydroxyl groups is 1. The van der Waals surface area contributed by atoms with Crippen LogP contribution in [-0.4, -0.2) is 17.6 Å². The van der Waals surface area contributed by atoms with Gasteiger partial charge in [-0.25, -0.2) is 0 Å². The minimum Gasteiger partial charge on any atom is -0.508 e. The third-order valence-electron chi connectivity index (χ3n) is 2.16. The molecule has 3 nitrogen and oxygen atoms in total. The van der Waals surface area contributed by atoms with Crippen LogP contribution in [0.3, 0.4) is 0 Å². The van der Waals surface area contributed by atoms with Crippen molar-refractivity contribution in [1.82, 2.24) is 5.32 Å². The maximum Gasteiger partial charge on any atom is 0.251 e. The maximum atomic E-state index is 11.6. The van der Waals surface area contributed by atoms with Crippen molar-refractivity contribution in [2.24, 2.45) is 0 Å². The molecule has 0 aliphatic rings. The summed E-state index contributed by atoms with van der Waals surface area (Å²) in [4.78, 5) is 11.6. The number of unbranched alkanes of at least 4 members (excludes halogenated alkanes) is 2. The topological polar surface area (TPSA) is 49.3 Å². The molecule has 0 spiro atoms. The van der Waals surface area contributed by atoms with Crippen LogP contribution in [-0.2, 0) is 0 Å². The summed E-state index contributed by atoms with van der Waals surface area (Å²) in [5.41, 5.74) is 0.551. The average Bonchev–Trinajstić information content (AvgIpc) is 2.29. The molecular weight excluding hydrogens is 202 g/mol. The van der Waals surface area contributed by atoms with Crippen molar-refractivity contribution < 1.29 is 9.90 Å². The van der Waals surface area contributed by atoms with Crippen molar-refractivity contribution in [1.29, 1.82) is 0 Å². The van der Waals surface area contributed by atoms with Gasteiger partial charge in [-0.05, 0) is 37.1 Å². The number of rotatable bonds is 5. The van der Waals surface area contributed by atoms with E-state index in [-0.39, 0.29) is 11.7 Å². The Kier molecular flexibility index (Phi) is 4.94. The van der Waals surface area contributed by atoms with Crippen molar-refractivity contribution in [3.8, 4) is 18.1 Å². The van der Waals surface area contributed by atoms with Crippen molar-refractivity contribution in [3.05, 3.63) is 29.8 Å². The summed E-state index contributed by atoms with van der Waals surface area (Å²) in [7, 11) is 0. The average molecular weight is 217 g/mol. The first-order valence-corrected chi connectivity index (χ1v) is 5.24. The predicted molar refractivity (Wildman–Crippen MR) is 63.1 cm³/mol. The van der Waals surface area contributed by atoms with Crippen LogP contribution >= 0.6 is 0 Å². The minimum absolute atomic E-state index is 0.124. The summed E-state index contributed by atoms with van der Waals surface area (Å²) in [5, 5.41) is 11.8. The Morgan fingerprint density at radius 2 is 2.00 bits per heavy atom. The molecule has 1 rings (SSSR count). The van der Waals surface area contributed by atoms with Crippen LogP contribution in [0.4, 0.5) is 0 Å². The number of phenols is 1. The van der Waals surface area contributed by atoms with Gasteiger partial charge in [0.05, 0.1) is 0 Å². The lowest BCUT2D eigenvalue weighted by molar-refractivity contribution is 0.0953. The number of hydrogen-bond acceptors (Lipinski definition) is 2. The maximum absolute atomic E-state index is 11.6. The summed E-state index contributed by atoms with van der Waals surface area (Å²) >= 11 is 0. The summed E-state index contributed by atoms with van der Waals surface area (Å²) in [5.74, 6) is 2.59. The van der Waals surface area contributed by atoms with Crippen LogP contribution in [0.2, 0.25) is 0 Å². The second kappa shape index (κ2) is 6.52. The number of nitrogens with one attached hydrogen (secondary N) is 1. The Morgan fingerprint density at radius 1 is 1.31 bits per heavy atom. The van der Waals surface area contributed by atoms with E-state index in [1.54, 1.807) is 12.1 Å². The fourth-order valence-corrected chi connectivity index (χ4v) is 1.27. The number of terminal acetylenes is 1. The first-order valence-electron chi connectivity index (χ1n) is 5.24. The van der Waals surface area contributed by atoms with Crippen LogP contribution < -0.4 is 5.32 Å². The van der Waals surface area contributed by atoms with Crippen LogP contribution in [0.25, 0.3) is 0 Å². The lowest BCUT2D eigenvalue weighted by Gasteiger charge is -2.04. The fourth-order valence-electron chi connectivity index (χ4n) is 1.27. The molecule has 84 valence electrons. The Bertz CT molecular complexity index is 376. The molecule has 0 aliphatic carbocycles. The number of amides is 1. The Hall–Kier alpha value is -1.95. The van der Waals surface area contributed by atoms with Gasteiger partial charge in [-0.15, -0.1) is 12.3 Å². The third-order valence-corrected chi connectivity index (χ3v) is 2.16. The molecule has 0 aromatic heterocycles. The highest BCUT2D eigenvalue weighted by Crippen LogP contribution is 2.09. The molecule has 2 N–H and O–H groups in total. The molecule has 0 bridgehead atoms. The Labute approximate surface area is 95.5 Å². The van der Waals surface area contributed by atoms with E-state index in [1.165, 1.54) is 12.1 Å². The molecule has 1 amide bonds. The van der Waals surface area contributed by atoms with Crippen molar-refractivity contribution in [2.45, 2.75) is 19.3 Å². The molecular formula is C13H15NO2. The molecule has 0 aliphatic heterocycles. The molecule has 0 radical (unpaired) electrons. The number of carbonyl (C=O) groups is 1. The summed E-state index contributed by atoms with van der Waals surface area (Å²) in [6.07, 6.45) is 7.67. The fraction of sp³-hybridized carbons (Fsp3) is 0.308. The summed E-state index contributed by atoms with van der Waals surface area (Å²) < 4.78 is 0. The molecule has 0 heterocycles. The van der Waals surface area contributed by atoms with E-state index < -0.39 is 0 Å². The van der Waals surface area contributed by atoms with Gasteiger partial charge in [0.1, 0.15) is 5.75 Å². The van der Waals surface area contributed by atoms with E-state index in [0.717, 1.165) is 19.3 Å². The van der Waals surface area contributed by atoms with E-state index in [4.69, 9.17) is 11.5 Å². The molecule has 3 heteroatoms. The van der Waals surface area contributed by atoms with Gasteiger partial charge in [-0.1, -0.05) is 0 Å². The Morgan fingerprint density at radius 3 is 2.62 bits per heavy atom. The second-order valence-electron chi connectivity index (χ2n) is 3.46. The quantitative estimate of drug-likeness (QED) is 0.585. The van der Waals surface area contributed by atoms with Crippen LogP contribution in [0.5, 0.6) is 5.75 Å². The largest absolute Gasteiger partial charge is 0.508 e. The molecule has 1 aromatic carbocycles. The molecule has 1 aromatic rings. The normalized spacial score (nSPS) is 9.44. The van der Waals surface area contributed by atoms with Gasteiger partial charge in [-0.2, -0.15) is 0 Å². The highest BCUT2D eigenvalue weighted by Gasteiger charge is 2.03. The van der Waals surface area contributed by atoms with Gasteiger partial charge in [0.15, 0.2) is 0 Å². The smallest absolute Gasteiger partial charge is 0.251 e. The molecule has 0 atom stereocenters. The summed E-state index contributed by atoms with van der Waals surface area (Å²) in [6, 6.07) is 6.17. The molecule has 0 unspecified atom stereocenters. The monoisotopic (exact) mass is 217 g/mol. The number of carbonyl (C=O) groups excluding carboxylic acids is 1. The van der Waals surface area contributed by atoms with E-state index in [9.17, 15) is 4.79 Å². The standard InChI is InChI=1S/C13H15NO2/c1-2-3-4-5-10-14-13(16)11-6-8-12(15)9-7-11/h1,6-9,15H,3-5,10H2,(H,14,16). The second-order valence-corrected chi connectivity index (χ2v) is 3.46. The van der Waals surface area contributed by atoms with Crippen molar-refractivity contribution in [2.75, 3.05) is 6.54 Å². The molecule has 16 heavy (non-hydrogen) atoms. The Balaban J connectivity index is 2.30. The lowest BCUT2D eigenvalue weighted by Crippen LogP contribution is -2.24. The van der Waals surface area contributed by atoms with E-state index in [1.807, 2.05) is 0 Å². The van der Waals surface area contributed by atoms with Crippen LogP contribution in [0.15, 0.2) is 24.3 Å². The van der Waals surface area contributed by atoms with Gasteiger partial charge < -0.3 is 10.4 Å². The number of benzene rings is 1. The minimum atomic E-state index is -0.124. The highest BCUT2D eigenvalue weighted by atomic mass is 16.3. The van der Waals surface area contributed by atoms with Crippen LogP contribution in [0, 0.1) is 12.3 Å². The van der Waals surface area contributed by atoms with Gasteiger partial charge in [-0.3, -0.25) is 4.79 Å². The third kappa shape index (κ3) is 4.05. The van der Waals surface area contributed by atoms with E-state index >= 15 is 0 Å². The zero-order valence-electron chi connectivity index (χ0n) is 9.07. The van der Waals surface area contributed by atoms with Gasteiger partial charge in [0.25, 0.3) is 5.91 Å². The van der Waals surface area contributed by atoms with E-state index in [0.29, 0.717) is 12.1 Å². The van der Waals surface area contributed by atoms with Gasteiger partial charge >= 0.3 is 0 Å². The first-order chi connectivity index (χ1) is 7.74. The van der Waals surface area contributed by atoms with E-state index in [2.05, 4.69) is 11.2 Å². The predicted octanol–water partition coefficient (Wildman–Crippen LogP) is 1.93. The molecule has 0 saturated heterocycles. The molecule has 0 saturated carbocycles. The SMILES string of the molecule is C#CCCCCNC(=O)c1ccc(O)cc1. The van der Waals surface area contributed by atoms with Crippen LogP contribution in [0.1, 0.15) is 29.6 Å². The number of hydrogen-bond donors (Lipinski definition) is 2. The van der Waals surface area contributed by atoms with Gasteiger partial charge in [0, 0.05) is 18.5 Å². The summed E-state index contributed by atoms with van der Waals surface area (Å²) in [6.45, 7) is 0.626. The van der Waals surface area contributed by atoms with Gasteiger partial charge in [0.2, 0.25) is 0 Å². The van der Waals surface area contributed by atoms with Crippen molar-refractivity contribution >= 4 is 5.91 Å². The van der Waals surface area contributed by atoms with Crippen molar-refractivity contribution in [3.63, 3.8) is 0 Å². The zero-order chi connectivity index (χ0) is 11.8. The zero-order valence-corrected chi connectivity index (χ0v) is 9.07. The first kappa shape index (κ1) is 12.1. The lowest BCUT2D eigenvalue weighted by atomic mass is 10.2. The highest BCUT2D eigenvalue weighted by molar-refractivity contribution is 5.94.